The summed E-state index contributed by atoms with van der Waals surface area (Å²) in [5.41, 5.74) is 1.72. The van der Waals surface area contributed by atoms with Crippen LogP contribution in [0.25, 0.3) is 0 Å². The maximum Gasteiger partial charge on any atom is 0.416 e. The minimum Gasteiger partial charge on any atom is -0.265 e. The highest BCUT2D eigenvalue weighted by Crippen LogP contribution is 2.30. The molecule has 0 amide bonds. The lowest BCUT2D eigenvalue weighted by Gasteiger charge is -2.15. The third-order valence-electron chi connectivity index (χ3n) is 4.65. The lowest BCUT2D eigenvalue weighted by molar-refractivity contribution is -0.137. The zero-order chi connectivity index (χ0) is 21.6. The number of nitriles is 1. The second-order valence-corrected chi connectivity index (χ2v) is 7.52. The SMILES string of the molecule is CSc1ccc([C@@H](Cc2ccccc2)N=C(C#N)c2ccc(C(F)(F)F)cc2)cc1. The largest absolute Gasteiger partial charge is 0.416 e. The van der Waals surface area contributed by atoms with E-state index in [-0.39, 0.29) is 11.8 Å². The van der Waals surface area contributed by atoms with E-state index < -0.39 is 11.7 Å². The van der Waals surface area contributed by atoms with Crippen LogP contribution in [0.1, 0.15) is 28.3 Å². The number of halogens is 3. The number of rotatable bonds is 6. The van der Waals surface area contributed by atoms with Crippen molar-refractivity contribution in [2.75, 3.05) is 6.26 Å². The molecule has 3 aromatic carbocycles. The second-order valence-electron chi connectivity index (χ2n) is 6.64. The van der Waals surface area contributed by atoms with Crippen molar-refractivity contribution < 1.29 is 13.2 Å². The molecule has 0 N–H and O–H groups in total. The number of hydrogen-bond acceptors (Lipinski definition) is 3. The van der Waals surface area contributed by atoms with E-state index in [1.807, 2.05) is 66.9 Å². The minimum absolute atomic E-state index is 0.110. The molecule has 30 heavy (non-hydrogen) atoms. The molecular formula is C24H19F3N2S. The molecule has 3 rings (SSSR count). The molecule has 0 radical (unpaired) electrons. The molecule has 0 spiro atoms. The number of hydrogen-bond donors (Lipinski definition) is 0. The van der Waals surface area contributed by atoms with Gasteiger partial charge in [0.25, 0.3) is 0 Å². The summed E-state index contributed by atoms with van der Waals surface area (Å²) in [5, 5.41) is 9.65. The molecule has 0 aliphatic rings. The number of aliphatic imine (C=N–C) groups is 1. The number of nitrogens with zero attached hydrogens (tertiary/aromatic N) is 2. The van der Waals surface area contributed by atoms with Crippen molar-refractivity contribution in [1.29, 1.82) is 5.26 Å². The van der Waals surface area contributed by atoms with Gasteiger partial charge in [0.15, 0.2) is 0 Å². The molecule has 0 fully saturated rings. The Morgan fingerprint density at radius 1 is 0.967 bits per heavy atom. The van der Waals surface area contributed by atoms with Crippen LogP contribution in [0.4, 0.5) is 13.2 Å². The van der Waals surface area contributed by atoms with Crippen molar-refractivity contribution in [1.82, 2.24) is 0 Å². The standard InChI is InChI=1S/C24H19F3N2S/c1-30-21-13-9-18(10-14-21)22(15-17-5-3-2-4-6-17)29-23(16-28)19-7-11-20(12-8-19)24(25,26)27/h2-14,22H,15H2,1H3/t22-/m1/s1. The van der Waals surface area contributed by atoms with Crippen LogP contribution in [0.15, 0.2) is 88.8 Å². The summed E-state index contributed by atoms with van der Waals surface area (Å²) >= 11 is 1.63. The molecule has 6 heteroatoms. The zero-order valence-electron chi connectivity index (χ0n) is 16.2. The predicted molar refractivity (Wildman–Crippen MR) is 115 cm³/mol. The van der Waals surface area contributed by atoms with Gasteiger partial charge in [0, 0.05) is 10.5 Å². The molecule has 1 atom stereocenters. The number of benzene rings is 3. The van der Waals surface area contributed by atoms with E-state index in [2.05, 4.69) is 4.99 Å². The van der Waals surface area contributed by atoms with Gasteiger partial charge in [-0.1, -0.05) is 54.6 Å². The van der Waals surface area contributed by atoms with Gasteiger partial charge in [-0.25, -0.2) is 0 Å². The van der Waals surface area contributed by atoms with Crippen molar-refractivity contribution in [3.05, 3.63) is 101 Å². The highest BCUT2D eigenvalue weighted by atomic mass is 32.2. The maximum atomic E-state index is 12.8. The van der Waals surface area contributed by atoms with E-state index in [0.717, 1.165) is 28.2 Å². The quantitative estimate of drug-likeness (QED) is 0.325. The van der Waals surface area contributed by atoms with E-state index in [1.54, 1.807) is 11.8 Å². The first-order valence-electron chi connectivity index (χ1n) is 9.24. The van der Waals surface area contributed by atoms with Gasteiger partial charge in [-0.2, -0.15) is 18.4 Å². The van der Waals surface area contributed by atoms with E-state index in [0.29, 0.717) is 12.0 Å². The third kappa shape index (κ3) is 5.52. The Morgan fingerprint density at radius 2 is 1.60 bits per heavy atom. The Bertz CT molecular complexity index is 1040. The molecular weight excluding hydrogens is 405 g/mol. The summed E-state index contributed by atoms with van der Waals surface area (Å²) in [5.74, 6) is 0. The summed E-state index contributed by atoms with van der Waals surface area (Å²) in [6.45, 7) is 0. The van der Waals surface area contributed by atoms with Crippen LogP contribution in [0.2, 0.25) is 0 Å². The predicted octanol–water partition coefficient (Wildman–Crippen LogP) is 6.72. The number of thioether (sulfide) groups is 1. The Labute approximate surface area is 178 Å². The van der Waals surface area contributed by atoms with Crippen molar-refractivity contribution in [3.8, 4) is 6.07 Å². The molecule has 152 valence electrons. The van der Waals surface area contributed by atoms with Crippen molar-refractivity contribution >= 4 is 17.5 Å². The van der Waals surface area contributed by atoms with E-state index in [1.165, 1.54) is 12.1 Å². The topological polar surface area (TPSA) is 36.1 Å². The van der Waals surface area contributed by atoms with Gasteiger partial charge in [-0.15, -0.1) is 11.8 Å². The van der Waals surface area contributed by atoms with Crippen LogP contribution >= 0.6 is 11.8 Å². The summed E-state index contributed by atoms with van der Waals surface area (Å²) in [4.78, 5) is 5.76. The normalized spacial score (nSPS) is 13.0. The van der Waals surface area contributed by atoms with Crippen LogP contribution < -0.4 is 0 Å². The molecule has 0 unspecified atom stereocenters. The Hall–Kier alpha value is -3.04. The molecule has 3 aromatic rings. The van der Waals surface area contributed by atoms with E-state index >= 15 is 0 Å². The highest BCUT2D eigenvalue weighted by molar-refractivity contribution is 7.98. The molecule has 0 aliphatic heterocycles. The van der Waals surface area contributed by atoms with Gasteiger partial charge in [0.1, 0.15) is 11.8 Å². The Kier molecular flexibility index (Phi) is 6.96. The van der Waals surface area contributed by atoms with Crippen LogP contribution in [0, 0.1) is 11.3 Å². The molecule has 0 saturated heterocycles. The molecule has 0 heterocycles. The summed E-state index contributed by atoms with van der Waals surface area (Å²) < 4.78 is 38.5. The molecule has 2 nitrogen and oxygen atoms in total. The van der Waals surface area contributed by atoms with E-state index in [9.17, 15) is 18.4 Å². The third-order valence-corrected chi connectivity index (χ3v) is 5.39. The minimum atomic E-state index is -4.42. The van der Waals surface area contributed by atoms with Crippen molar-refractivity contribution in [3.63, 3.8) is 0 Å². The fourth-order valence-electron chi connectivity index (χ4n) is 3.04. The lowest BCUT2D eigenvalue weighted by atomic mass is 9.98. The van der Waals surface area contributed by atoms with Crippen LogP contribution in [0.3, 0.4) is 0 Å². The fourth-order valence-corrected chi connectivity index (χ4v) is 3.45. The number of alkyl halides is 3. The molecule has 0 aliphatic carbocycles. The zero-order valence-corrected chi connectivity index (χ0v) is 17.0. The average Bonchev–Trinajstić information content (AvgIpc) is 2.77. The van der Waals surface area contributed by atoms with Gasteiger partial charge in [0.05, 0.1) is 11.6 Å². The molecule has 0 aromatic heterocycles. The van der Waals surface area contributed by atoms with Crippen molar-refractivity contribution in [2.45, 2.75) is 23.5 Å². The van der Waals surface area contributed by atoms with Gasteiger partial charge >= 0.3 is 6.18 Å². The Morgan fingerprint density at radius 3 is 2.13 bits per heavy atom. The first-order chi connectivity index (χ1) is 14.4. The van der Waals surface area contributed by atoms with Gasteiger partial charge in [-0.3, -0.25) is 4.99 Å². The first-order valence-corrected chi connectivity index (χ1v) is 10.5. The van der Waals surface area contributed by atoms with Gasteiger partial charge in [-0.05, 0) is 48.1 Å². The van der Waals surface area contributed by atoms with Crippen LogP contribution in [-0.2, 0) is 12.6 Å². The van der Waals surface area contributed by atoms with Crippen LogP contribution in [-0.4, -0.2) is 12.0 Å². The van der Waals surface area contributed by atoms with Crippen LogP contribution in [0.5, 0.6) is 0 Å². The maximum absolute atomic E-state index is 12.8. The molecule has 0 bridgehead atoms. The first kappa shape index (κ1) is 21.7. The molecule has 0 saturated carbocycles. The Balaban J connectivity index is 1.98. The summed E-state index contributed by atoms with van der Waals surface area (Å²) in [6, 6.07) is 24.0. The lowest BCUT2D eigenvalue weighted by Crippen LogP contribution is -2.08. The van der Waals surface area contributed by atoms with E-state index in [4.69, 9.17) is 0 Å². The smallest absolute Gasteiger partial charge is 0.265 e. The summed E-state index contributed by atoms with van der Waals surface area (Å²) in [7, 11) is 0. The monoisotopic (exact) mass is 424 g/mol. The second kappa shape index (κ2) is 9.64. The summed E-state index contributed by atoms with van der Waals surface area (Å²) in [6.07, 6.45) is -1.85. The highest BCUT2D eigenvalue weighted by Gasteiger charge is 2.30. The van der Waals surface area contributed by atoms with Gasteiger partial charge < -0.3 is 0 Å². The fraction of sp³-hybridized carbons (Fsp3) is 0.167. The van der Waals surface area contributed by atoms with Gasteiger partial charge in [0.2, 0.25) is 0 Å². The van der Waals surface area contributed by atoms with Crippen molar-refractivity contribution in [2.24, 2.45) is 4.99 Å². The average molecular weight is 424 g/mol.